The number of carbonyl (C=O) groups excluding carboxylic acids is 1. The SMILES string of the molecule is COC(=O)c1cc(-c2ccccc2)sc1NC(=S)Nc1ccccc1F. The second-order valence-corrected chi connectivity index (χ2v) is 6.73. The summed E-state index contributed by atoms with van der Waals surface area (Å²) in [7, 11) is 1.32. The first-order valence-electron chi connectivity index (χ1n) is 7.68. The summed E-state index contributed by atoms with van der Waals surface area (Å²) in [6, 6.07) is 17.6. The highest BCUT2D eigenvalue weighted by atomic mass is 32.1. The second kappa shape index (κ2) is 8.07. The molecule has 0 saturated heterocycles. The molecule has 0 aliphatic carbocycles. The van der Waals surface area contributed by atoms with Crippen molar-refractivity contribution in [3.8, 4) is 10.4 Å². The number of benzene rings is 2. The first-order valence-corrected chi connectivity index (χ1v) is 8.91. The Morgan fingerprint density at radius 2 is 1.77 bits per heavy atom. The highest BCUT2D eigenvalue weighted by Gasteiger charge is 2.18. The van der Waals surface area contributed by atoms with E-state index in [0.29, 0.717) is 10.6 Å². The number of nitrogens with one attached hydrogen (secondary N) is 2. The molecule has 0 spiro atoms. The molecular formula is C19H15FN2O2S2. The molecule has 132 valence electrons. The van der Waals surface area contributed by atoms with E-state index < -0.39 is 11.8 Å². The van der Waals surface area contributed by atoms with Gasteiger partial charge in [-0.2, -0.15) is 0 Å². The van der Waals surface area contributed by atoms with Crippen LogP contribution in [0.2, 0.25) is 0 Å². The average Bonchev–Trinajstić information content (AvgIpc) is 3.07. The summed E-state index contributed by atoms with van der Waals surface area (Å²) in [6.45, 7) is 0. The lowest BCUT2D eigenvalue weighted by Gasteiger charge is -2.10. The fourth-order valence-corrected chi connectivity index (χ4v) is 3.64. The zero-order valence-corrected chi connectivity index (χ0v) is 15.4. The molecule has 0 bridgehead atoms. The van der Waals surface area contributed by atoms with Crippen molar-refractivity contribution in [2.45, 2.75) is 0 Å². The Labute approximate surface area is 159 Å². The Morgan fingerprint density at radius 3 is 2.46 bits per heavy atom. The predicted octanol–water partition coefficient (Wildman–Crippen LogP) is 5.15. The Hall–Kier alpha value is -2.77. The van der Waals surface area contributed by atoms with E-state index in [1.807, 2.05) is 30.3 Å². The van der Waals surface area contributed by atoms with Gasteiger partial charge in [0, 0.05) is 4.88 Å². The van der Waals surface area contributed by atoms with Crippen molar-refractivity contribution in [2.24, 2.45) is 0 Å². The first kappa shape index (κ1) is 18.0. The van der Waals surface area contributed by atoms with Crippen molar-refractivity contribution in [3.63, 3.8) is 0 Å². The van der Waals surface area contributed by atoms with Gasteiger partial charge in [-0.25, -0.2) is 9.18 Å². The maximum Gasteiger partial charge on any atom is 0.340 e. The van der Waals surface area contributed by atoms with E-state index in [9.17, 15) is 9.18 Å². The Bertz CT molecular complexity index is 942. The van der Waals surface area contributed by atoms with Crippen LogP contribution < -0.4 is 10.6 Å². The third kappa shape index (κ3) is 4.07. The Kier molecular flexibility index (Phi) is 5.60. The number of thiocarbonyl (C=S) groups is 1. The van der Waals surface area contributed by atoms with E-state index in [4.69, 9.17) is 17.0 Å². The van der Waals surface area contributed by atoms with Crippen LogP contribution in [0.4, 0.5) is 15.1 Å². The largest absolute Gasteiger partial charge is 0.465 e. The third-order valence-corrected chi connectivity index (χ3v) is 4.85. The molecule has 26 heavy (non-hydrogen) atoms. The van der Waals surface area contributed by atoms with E-state index in [1.165, 1.54) is 24.5 Å². The van der Waals surface area contributed by atoms with E-state index in [2.05, 4.69) is 10.6 Å². The molecule has 0 radical (unpaired) electrons. The fourth-order valence-electron chi connectivity index (χ4n) is 2.31. The van der Waals surface area contributed by atoms with Gasteiger partial charge in [0.1, 0.15) is 10.8 Å². The van der Waals surface area contributed by atoms with Gasteiger partial charge in [-0.3, -0.25) is 0 Å². The van der Waals surface area contributed by atoms with Crippen LogP contribution in [0, 0.1) is 5.82 Å². The number of anilines is 2. The molecule has 2 aromatic carbocycles. The van der Waals surface area contributed by atoms with E-state index in [1.54, 1.807) is 24.3 Å². The third-order valence-electron chi connectivity index (χ3n) is 3.54. The normalized spacial score (nSPS) is 10.2. The minimum absolute atomic E-state index is 0.182. The lowest BCUT2D eigenvalue weighted by atomic mass is 10.1. The van der Waals surface area contributed by atoms with Gasteiger partial charge in [-0.1, -0.05) is 42.5 Å². The van der Waals surface area contributed by atoms with Crippen molar-refractivity contribution >= 4 is 45.3 Å². The Balaban J connectivity index is 1.86. The van der Waals surface area contributed by atoms with Crippen molar-refractivity contribution in [1.82, 2.24) is 0 Å². The highest BCUT2D eigenvalue weighted by molar-refractivity contribution is 7.80. The minimum Gasteiger partial charge on any atom is -0.465 e. The second-order valence-electron chi connectivity index (χ2n) is 5.27. The van der Waals surface area contributed by atoms with Gasteiger partial charge < -0.3 is 15.4 Å². The summed E-state index contributed by atoms with van der Waals surface area (Å²) in [6.07, 6.45) is 0. The molecule has 3 aromatic rings. The number of hydrogen-bond acceptors (Lipinski definition) is 4. The Morgan fingerprint density at radius 1 is 1.08 bits per heavy atom. The molecule has 0 amide bonds. The number of methoxy groups -OCH3 is 1. The number of hydrogen-bond donors (Lipinski definition) is 2. The lowest BCUT2D eigenvalue weighted by molar-refractivity contribution is 0.0602. The molecule has 4 nitrogen and oxygen atoms in total. The van der Waals surface area contributed by atoms with Gasteiger partial charge >= 0.3 is 5.97 Å². The molecule has 0 aliphatic rings. The van der Waals surface area contributed by atoms with Gasteiger partial charge in [0.15, 0.2) is 5.11 Å². The zero-order valence-electron chi connectivity index (χ0n) is 13.8. The highest BCUT2D eigenvalue weighted by Crippen LogP contribution is 2.36. The van der Waals surface area contributed by atoms with Crippen LogP contribution in [-0.2, 0) is 4.74 Å². The van der Waals surface area contributed by atoms with Crippen molar-refractivity contribution in [1.29, 1.82) is 0 Å². The molecule has 7 heteroatoms. The van der Waals surface area contributed by atoms with Gasteiger partial charge in [0.2, 0.25) is 0 Å². The molecule has 3 rings (SSSR count). The summed E-state index contributed by atoms with van der Waals surface area (Å²) in [5.74, 6) is -0.888. The van der Waals surface area contributed by atoms with Gasteiger partial charge in [0.05, 0.1) is 18.4 Å². The fraction of sp³-hybridized carbons (Fsp3) is 0.0526. The summed E-state index contributed by atoms with van der Waals surface area (Å²) in [4.78, 5) is 13.0. The number of carbonyl (C=O) groups is 1. The maximum atomic E-state index is 13.8. The zero-order chi connectivity index (χ0) is 18.5. The van der Waals surface area contributed by atoms with Crippen LogP contribution in [0.5, 0.6) is 0 Å². The number of esters is 1. The van der Waals surface area contributed by atoms with Crippen molar-refractivity contribution in [3.05, 3.63) is 72.0 Å². The monoisotopic (exact) mass is 386 g/mol. The van der Waals surface area contributed by atoms with Crippen LogP contribution in [0.25, 0.3) is 10.4 Å². The molecule has 0 aliphatic heterocycles. The van der Waals surface area contributed by atoms with Crippen LogP contribution in [0.15, 0.2) is 60.7 Å². The maximum absolute atomic E-state index is 13.8. The number of ether oxygens (including phenoxy) is 1. The number of para-hydroxylation sites is 1. The smallest absolute Gasteiger partial charge is 0.340 e. The van der Waals surface area contributed by atoms with Crippen molar-refractivity contribution < 1.29 is 13.9 Å². The molecular weight excluding hydrogens is 371 g/mol. The minimum atomic E-state index is -0.473. The molecule has 1 aromatic heterocycles. The van der Waals surface area contributed by atoms with Crippen LogP contribution >= 0.6 is 23.6 Å². The summed E-state index contributed by atoms with van der Waals surface area (Å²) >= 11 is 6.62. The van der Waals surface area contributed by atoms with Crippen LogP contribution in [-0.4, -0.2) is 18.2 Å². The first-order chi connectivity index (χ1) is 12.6. The molecule has 0 fully saturated rings. The molecule has 0 unspecified atom stereocenters. The summed E-state index contributed by atoms with van der Waals surface area (Å²) in [5, 5.41) is 6.47. The summed E-state index contributed by atoms with van der Waals surface area (Å²) < 4.78 is 18.6. The van der Waals surface area contributed by atoms with Crippen LogP contribution in [0.3, 0.4) is 0 Å². The van der Waals surface area contributed by atoms with Gasteiger partial charge in [0.25, 0.3) is 0 Å². The number of thiophene rings is 1. The van der Waals surface area contributed by atoms with E-state index in [0.717, 1.165) is 10.4 Å². The summed E-state index contributed by atoms with van der Waals surface area (Å²) in [5.41, 5.74) is 1.60. The van der Waals surface area contributed by atoms with Crippen LogP contribution in [0.1, 0.15) is 10.4 Å². The molecule has 0 saturated carbocycles. The topological polar surface area (TPSA) is 50.4 Å². The number of rotatable bonds is 4. The molecule has 0 atom stereocenters. The molecule has 2 N–H and O–H groups in total. The standard InChI is InChI=1S/C19H15FN2O2S2/c1-24-18(23)13-11-16(12-7-3-2-4-8-12)26-17(13)22-19(25)21-15-10-6-5-9-14(15)20/h2-11H,1H3,(H2,21,22,25). The predicted molar refractivity (Wildman–Crippen MR) is 107 cm³/mol. The van der Waals surface area contributed by atoms with E-state index >= 15 is 0 Å². The van der Waals surface area contributed by atoms with Gasteiger partial charge in [-0.05, 0) is 36.0 Å². The van der Waals surface area contributed by atoms with Crippen molar-refractivity contribution in [2.75, 3.05) is 17.7 Å². The quantitative estimate of drug-likeness (QED) is 0.480. The number of halogens is 1. The van der Waals surface area contributed by atoms with Gasteiger partial charge in [-0.15, -0.1) is 11.3 Å². The van der Waals surface area contributed by atoms with E-state index in [-0.39, 0.29) is 10.8 Å². The molecule has 1 heterocycles. The lowest BCUT2D eigenvalue weighted by Crippen LogP contribution is -2.20. The average molecular weight is 386 g/mol.